The number of benzene rings is 1. The van der Waals surface area contributed by atoms with Gasteiger partial charge in [-0.15, -0.1) is 0 Å². The van der Waals surface area contributed by atoms with Gasteiger partial charge in [-0.25, -0.2) is 9.78 Å². The fourth-order valence-corrected chi connectivity index (χ4v) is 4.77. The van der Waals surface area contributed by atoms with Crippen LogP contribution in [0.4, 0.5) is 5.69 Å². The molecule has 0 radical (unpaired) electrons. The number of hydrogen-bond acceptors (Lipinski definition) is 3. The van der Waals surface area contributed by atoms with Crippen LogP contribution in [-0.4, -0.2) is 27.2 Å². The van der Waals surface area contributed by atoms with E-state index in [1.807, 2.05) is 30.7 Å². The molecule has 5 nitrogen and oxygen atoms in total. The molecule has 1 aliphatic heterocycles. The van der Waals surface area contributed by atoms with Gasteiger partial charge in [0.2, 0.25) is 0 Å². The van der Waals surface area contributed by atoms with E-state index in [1.54, 1.807) is 4.57 Å². The Balaban J connectivity index is 1.85. The normalized spacial score (nSPS) is 17.2. The Morgan fingerprint density at radius 2 is 2.00 bits per heavy atom. The molecule has 3 aromatic rings. The van der Waals surface area contributed by atoms with E-state index >= 15 is 0 Å². The van der Waals surface area contributed by atoms with Crippen LogP contribution in [-0.2, 0) is 13.6 Å². The zero-order valence-electron chi connectivity index (χ0n) is 18.1. The first-order valence-corrected chi connectivity index (χ1v) is 10.9. The largest absolute Gasteiger partial charge is 0.369 e. The van der Waals surface area contributed by atoms with Gasteiger partial charge >= 0.3 is 5.69 Å². The second-order valence-electron chi connectivity index (χ2n) is 8.55. The third kappa shape index (κ3) is 3.70. The van der Waals surface area contributed by atoms with Crippen LogP contribution in [0.3, 0.4) is 0 Å². The second kappa shape index (κ2) is 8.05. The van der Waals surface area contributed by atoms with Gasteiger partial charge in [0.05, 0.1) is 12.2 Å². The molecule has 0 N–H and O–H groups in total. The molecule has 1 fully saturated rings. The average Bonchev–Trinajstić information content (AvgIpc) is 2.94. The fraction of sp³-hybridized carbons (Fsp3) is 0.500. The third-order valence-electron chi connectivity index (χ3n) is 6.33. The Labute approximate surface area is 173 Å². The second-order valence-corrected chi connectivity index (χ2v) is 8.55. The number of nitrogens with zero attached hydrogens (tertiary/aromatic N) is 4. The van der Waals surface area contributed by atoms with E-state index in [2.05, 4.69) is 36.9 Å². The van der Waals surface area contributed by atoms with Crippen LogP contribution >= 0.6 is 0 Å². The van der Waals surface area contributed by atoms with Gasteiger partial charge in [-0.2, -0.15) is 0 Å². The summed E-state index contributed by atoms with van der Waals surface area (Å²) < 4.78 is 3.63. The molecule has 0 aliphatic carbocycles. The van der Waals surface area contributed by atoms with Crippen LogP contribution < -0.4 is 10.6 Å². The molecular weight excluding hydrogens is 360 g/mol. The van der Waals surface area contributed by atoms with E-state index in [1.165, 1.54) is 42.5 Å². The summed E-state index contributed by atoms with van der Waals surface area (Å²) in [5.41, 5.74) is 6.29. The molecule has 0 bridgehead atoms. The van der Waals surface area contributed by atoms with E-state index in [0.29, 0.717) is 6.54 Å². The van der Waals surface area contributed by atoms with E-state index < -0.39 is 0 Å². The lowest BCUT2D eigenvalue weighted by atomic mass is 9.93. The molecular formula is C24H32N4O. The van der Waals surface area contributed by atoms with Gasteiger partial charge in [0.1, 0.15) is 5.52 Å². The number of aryl methyl sites for hydroxylation is 3. The van der Waals surface area contributed by atoms with Gasteiger partial charge in [0, 0.05) is 25.8 Å². The Morgan fingerprint density at radius 1 is 1.21 bits per heavy atom. The average molecular weight is 393 g/mol. The quantitative estimate of drug-likeness (QED) is 0.646. The summed E-state index contributed by atoms with van der Waals surface area (Å²) in [6.45, 7) is 9.10. The van der Waals surface area contributed by atoms with Crippen molar-refractivity contribution >= 4 is 16.9 Å². The van der Waals surface area contributed by atoms with Crippen molar-refractivity contribution in [3.8, 4) is 0 Å². The maximum Gasteiger partial charge on any atom is 0.330 e. The van der Waals surface area contributed by atoms with Crippen LogP contribution in [0.25, 0.3) is 11.2 Å². The highest BCUT2D eigenvalue weighted by atomic mass is 16.1. The molecule has 2 aromatic heterocycles. The SMILES string of the molecule is CCC[C@@H]1CCCN(c2cc(C)nc3c2n(Cc2ccccc2C)c(=O)n3C)C1. The van der Waals surface area contributed by atoms with Gasteiger partial charge in [-0.3, -0.25) is 9.13 Å². The highest BCUT2D eigenvalue weighted by Gasteiger charge is 2.25. The molecule has 0 spiro atoms. The first-order valence-electron chi connectivity index (χ1n) is 10.9. The minimum Gasteiger partial charge on any atom is -0.369 e. The lowest BCUT2D eigenvalue weighted by molar-refractivity contribution is 0.388. The minimum absolute atomic E-state index is 0.00437. The van der Waals surface area contributed by atoms with Crippen molar-refractivity contribution in [3.05, 3.63) is 57.6 Å². The van der Waals surface area contributed by atoms with Crippen molar-refractivity contribution in [2.45, 2.75) is 53.0 Å². The first kappa shape index (κ1) is 19.7. The van der Waals surface area contributed by atoms with Gasteiger partial charge in [-0.1, -0.05) is 37.6 Å². The molecule has 29 heavy (non-hydrogen) atoms. The number of hydrogen-bond donors (Lipinski definition) is 0. The maximum atomic E-state index is 13.2. The molecule has 0 unspecified atom stereocenters. The Kier molecular flexibility index (Phi) is 5.48. The van der Waals surface area contributed by atoms with Crippen molar-refractivity contribution in [1.82, 2.24) is 14.1 Å². The molecule has 3 heterocycles. The van der Waals surface area contributed by atoms with Crippen molar-refractivity contribution in [1.29, 1.82) is 0 Å². The summed E-state index contributed by atoms with van der Waals surface area (Å²) in [5.74, 6) is 0.734. The Morgan fingerprint density at radius 3 is 2.76 bits per heavy atom. The number of anilines is 1. The summed E-state index contributed by atoms with van der Waals surface area (Å²) in [4.78, 5) is 20.4. The maximum absolute atomic E-state index is 13.2. The number of imidazole rings is 1. The zero-order valence-corrected chi connectivity index (χ0v) is 18.1. The van der Waals surface area contributed by atoms with Crippen molar-refractivity contribution in [2.75, 3.05) is 18.0 Å². The lowest BCUT2D eigenvalue weighted by Gasteiger charge is -2.35. The number of pyridine rings is 1. The first-order chi connectivity index (χ1) is 14.0. The number of aromatic nitrogens is 3. The predicted octanol–water partition coefficient (Wildman–Crippen LogP) is 4.42. The predicted molar refractivity (Wildman–Crippen MR) is 120 cm³/mol. The van der Waals surface area contributed by atoms with Gasteiger partial charge in [-0.05, 0) is 56.2 Å². The molecule has 154 valence electrons. The lowest BCUT2D eigenvalue weighted by Crippen LogP contribution is -2.36. The van der Waals surface area contributed by atoms with Gasteiger partial charge in [0.15, 0.2) is 5.65 Å². The number of piperidine rings is 1. The monoisotopic (exact) mass is 392 g/mol. The van der Waals surface area contributed by atoms with Crippen LogP contribution in [0.2, 0.25) is 0 Å². The van der Waals surface area contributed by atoms with Crippen LogP contribution in [0, 0.1) is 19.8 Å². The molecule has 1 aromatic carbocycles. The molecule has 5 heteroatoms. The zero-order chi connectivity index (χ0) is 20.5. The molecule has 1 atom stereocenters. The molecule has 0 saturated carbocycles. The highest BCUT2D eigenvalue weighted by Crippen LogP contribution is 2.31. The van der Waals surface area contributed by atoms with Crippen LogP contribution in [0.1, 0.15) is 49.4 Å². The van der Waals surface area contributed by atoms with Crippen LogP contribution in [0.5, 0.6) is 0 Å². The third-order valence-corrected chi connectivity index (χ3v) is 6.33. The van der Waals surface area contributed by atoms with E-state index in [0.717, 1.165) is 35.9 Å². The molecule has 1 saturated heterocycles. The number of rotatable bonds is 5. The van der Waals surface area contributed by atoms with Crippen molar-refractivity contribution in [2.24, 2.45) is 13.0 Å². The minimum atomic E-state index is 0.00437. The van der Waals surface area contributed by atoms with Crippen molar-refractivity contribution in [3.63, 3.8) is 0 Å². The Bertz CT molecular complexity index is 1080. The van der Waals surface area contributed by atoms with Crippen LogP contribution in [0.15, 0.2) is 35.1 Å². The Hall–Kier alpha value is -2.56. The summed E-state index contributed by atoms with van der Waals surface area (Å²) in [7, 11) is 1.84. The molecule has 0 amide bonds. The topological polar surface area (TPSA) is 43.1 Å². The molecule has 1 aliphatic rings. The summed E-state index contributed by atoms with van der Waals surface area (Å²) in [5, 5.41) is 0. The van der Waals surface area contributed by atoms with E-state index in [9.17, 15) is 4.79 Å². The number of fused-ring (bicyclic) bond motifs is 1. The standard InChI is InChI=1S/C24H32N4O/c1-5-9-19-11-8-13-27(15-19)21-14-18(3)25-23-22(21)28(24(29)26(23)4)16-20-12-7-6-10-17(20)2/h6-7,10,12,14,19H,5,8-9,11,13,15-16H2,1-4H3/t19-/m1/s1. The summed E-state index contributed by atoms with van der Waals surface area (Å²) >= 11 is 0. The van der Waals surface area contributed by atoms with Gasteiger partial charge in [0.25, 0.3) is 0 Å². The van der Waals surface area contributed by atoms with Crippen molar-refractivity contribution < 1.29 is 0 Å². The smallest absolute Gasteiger partial charge is 0.330 e. The van der Waals surface area contributed by atoms with E-state index in [-0.39, 0.29) is 5.69 Å². The summed E-state index contributed by atoms with van der Waals surface area (Å²) in [6.07, 6.45) is 5.02. The van der Waals surface area contributed by atoms with E-state index in [4.69, 9.17) is 4.98 Å². The highest BCUT2D eigenvalue weighted by molar-refractivity contribution is 5.87. The summed E-state index contributed by atoms with van der Waals surface area (Å²) in [6, 6.07) is 10.5. The fourth-order valence-electron chi connectivity index (χ4n) is 4.77. The molecule has 4 rings (SSSR count). The van der Waals surface area contributed by atoms with Gasteiger partial charge < -0.3 is 4.90 Å².